The van der Waals surface area contributed by atoms with Crippen LogP contribution in [0.25, 0.3) is 0 Å². The predicted molar refractivity (Wildman–Crippen MR) is 67.7 cm³/mol. The first-order valence-corrected chi connectivity index (χ1v) is 6.56. The lowest BCUT2D eigenvalue weighted by molar-refractivity contribution is -0.142. The number of aromatic nitrogens is 1. The fourth-order valence-electron chi connectivity index (χ4n) is 3.31. The highest BCUT2D eigenvalue weighted by atomic mass is 16.4. The van der Waals surface area contributed by atoms with E-state index in [1.54, 1.807) is 23.2 Å². The number of carbonyl (C=O) groups is 2. The second kappa shape index (κ2) is 4.33. The van der Waals surface area contributed by atoms with E-state index in [0.717, 1.165) is 18.5 Å². The number of fused-ring (bicyclic) bond motifs is 2. The first-order valence-electron chi connectivity index (χ1n) is 6.56. The Morgan fingerprint density at radius 2 is 2.16 bits per heavy atom. The van der Waals surface area contributed by atoms with E-state index in [1.807, 2.05) is 6.92 Å². The van der Waals surface area contributed by atoms with Gasteiger partial charge >= 0.3 is 5.97 Å². The number of carbonyl (C=O) groups excluding carboxylic acids is 1. The van der Waals surface area contributed by atoms with Crippen molar-refractivity contribution in [2.24, 2.45) is 5.92 Å². The molecular formula is C14H16N2O3. The Morgan fingerprint density at radius 1 is 1.37 bits per heavy atom. The molecule has 3 atom stereocenters. The van der Waals surface area contributed by atoms with Crippen molar-refractivity contribution >= 4 is 11.9 Å². The zero-order valence-corrected chi connectivity index (χ0v) is 10.7. The summed E-state index contributed by atoms with van der Waals surface area (Å²) in [6, 6.07) is 3.51. The molecule has 0 radical (unpaired) electrons. The van der Waals surface area contributed by atoms with Gasteiger partial charge in [-0.2, -0.15) is 0 Å². The first-order chi connectivity index (χ1) is 9.08. The fourth-order valence-corrected chi connectivity index (χ4v) is 3.31. The van der Waals surface area contributed by atoms with Gasteiger partial charge < -0.3 is 10.0 Å². The number of nitrogens with zero attached hydrogens (tertiary/aromatic N) is 2. The zero-order valence-electron chi connectivity index (χ0n) is 10.7. The van der Waals surface area contributed by atoms with Gasteiger partial charge in [0, 0.05) is 24.0 Å². The van der Waals surface area contributed by atoms with Crippen LogP contribution in [0.15, 0.2) is 18.3 Å². The van der Waals surface area contributed by atoms with Crippen LogP contribution in [-0.2, 0) is 4.79 Å². The number of hydrogen-bond donors (Lipinski definition) is 1. The van der Waals surface area contributed by atoms with E-state index in [4.69, 9.17) is 0 Å². The van der Waals surface area contributed by atoms with Crippen LogP contribution >= 0.6 is 0 Å². The van der Waals surface area contributed by atoms with Crippen LogP contribution in [0.3, 0.4) is 0 Å². The Hall–Kier alpha value is -1.91. The van der Waals surface area contributed by atoms with E-state index < -0.39 is 11.9 Å². The lowest BCUT2D eigenvalue weighted by Gasteiger charge is -2.23. The highest BCUT2D eigenvalue weighted by Crippen LogP contribution is 2.42. The number of carboxylic acids is 1. The van der Waals surface area contributed by atoms with Gasteiger partial charge in [0.25, 0.3) is 5.91 Å². The third-order valence-electron chi connectivity index (χ3n) is 4.25. The zero-order chi connectivity index (χ0) is 13.6. The molecule has 1 amide bonds. The van der Waals surface area contributed by atoms with E-state index in [1.165, 1.54) is 0 Å². The van der Waals surface area contributed by atoms with Crippen molar-refractivity contribution in [2.75, 3.05) is 0 Å². The van der Waals surface area contributed by atoms with Crippen molar-refractivity contribution in [3.8, 4) is 0 Å². The van der Waals surface area contributed by atoms with E-state index >= 15 is 0 Å². The number of pyridine rings is 1. The van der Waals surface area contributed by atoms with E-state index in [0.29, 0.717) is 12.0 Å². The minimum absolute atomic E-state index is 0.0799. The van der Waals surface area contributed by atoms with Crippen molar-refractivity contribution < 1.29 is 14.7 Å². The molecule has 3 rings (SSSR count). The average Bonchev–Trinajstić information content (AvgIpc) is 2.96. The number of hydrogen-bond acceptors (Lipinski definition) is 3. The third kappa shape index (κ3) is 1.89. The molecule has 1 aromatic rings. The van der Waals surface area contributed by atoms with Crippen molar-refractivity contribution in [1.82, 2.24) is 9.88 Å². The van der Waals surface area contributed by atoms with E-state index in [-0.39, 0.29) is 18.0 Å². The van der Waals surface area contributed by atoms with Crippen molar-refractivity contribution in [3.63, 3.8) is 0 Å². The van der Waals surface area contributed by atoms with Crippen LogP contribution in [-0.4, -0.2) is 39.0 Å². The summed E-state index contributed by atoms with van der Waals surface area (Å²) in [6.45, 7) is 1.87. The molecule has 0 saturated carbocycles. The Balaban J connectivity index is 1.85. The molecular weight excluding hydrogens is 244 g/mol. The Labute approximate surface area is 111 Å². The van der Waals surface area contributed by atoms with Crippen molar-refractivity contribution in [3.05, 3.63) is 29.6 Å². The van der Waals surface area contributed by atoms with Crippen LogP contribution in [0.1, 0.15) is 35.3 Å². The van der Waals surface area contributed by atoms with Crippen LogP contribution in [0.5, 0.6) is 0 Å². The fraction of sp³-hybridized carbons (Fsp3) is 0.500. The molecule has 2 aliphatic rings. The number of aryl methyl sites for hydroxylation is 1. The predicted octanol–water partition coefficient (Wildman–Crippen LogP) is 1.47. The maximum Gasteiger partial charge on any atom is 0.308 e. The van der Waals surface area contributed by atoms with Gasteiger partial charge in [-0.25, -0.2) is 0 Å². The van der Waals surface area contributed by atoms with Crippen LogP contribution in [0.4, 0.5) is 0 Å². The molecule has 1 aromatic heterocycles. The van der Waals surface area contributed by atoms with Crippen molar-refractivity contribution in [1.29, 1.82) is 0 Å². The average molecular weight is 260 g/mol. The molecule has 0 spiro atoms. The molecule has 5 nitrogen and oxygen atoms in total. The molecule has 2 bridgehead atoms. The summed E-state index contributed by atoms with van der Waals surface area (Å²) in [7, 11) is 0. The standard InChI is InChI=1S/C14H16N2O3/c1-8-2-3-9(7-15-8)13(17)16-10-4-5-12(16)11(6-10)14(18)19/h2-3,7,10-12H,4-6H2,1H3,(H,18,19). The number of carboxylic acid groups (broad SMARTS) is 1. The van der Waals surface area contributed by atoms with E-state index in [9.17, 15) is 14.7 Å². The van der Waals surface area contributed by atoms with Gasteiger partial charge in [0.2, 0.25) is 0 Å². The topological polar surface area (TPSA) is 70.5 Å². The van der Waals surface area contributed by atoms with E-state index in [2.05, 4.69) is 4.98 Å². The molecule has 2 aliphatic heterocycles. The molecule has 5 heteroatoms. The van der Waals surface area contributed by atoms with Gasteiger partial charge in [-0.15, -0.1) is 0 Å². The van der Waals surface area contributed by atoms with Gasteiger partial charge in [0.15, 0.2) is 0 Å². The Kier molecular flexibility index (Phi) is 2.77. The summed E-state index contributed by atoms with van der Waals surface area (Å²) < 4.78 is 0. The van der Waals surface area contributed by atoms with Crippen LogP contribution in [0, 0.1) is 12.8 Å². The molecule has 3 heterocycles. The molecule has 2 fully saturated rings. The monoisotopic (exact) mass is 260 g/mol. The van der Waals surface area contributed by atoms with Gasteiger partial charge in [-0.3, -0.25) is 14.6 Å². The summed E-state index contributed by atoms with van der Waals surface area (Å²) in [4.78, 5) is 29.6. The normalized spacial score (nSPS) is 28.7. The smallest absolute Gasteiger partial charge is 0.308 e. The quantitative estimate of drug-likeness (QED) is 0.874. The number of amides is 1. The maximum absolute atomic E-state index is 12.5. The highest BCUT2D eigenvalue weighted by Gasteiger charge is 2.51. The minimum Gasteiger partial charge on any atom is -0.481 e. The van der Waals surface area contributed by atoms with Crippen LogP contribution in [0.2, 0.25) is 0 Å². The number of aliphatic carboxylic acids is 1. The maximum atomic E-state index is 12.5. The molecule has 1 N–H and O–H groups in total. The summed E-state index contributed by atoms with van der Waals surface area (Å²) >= 11 is 0. The van der Waals surface area contributed by atoms with Crippen LogP contribution < -0.4 is 0 Å². The Morgan fingerprint density at radius 3 is 2.74 bits per heavy atom. The molecule has 2 saturated heterocycles. The lowest BCUT2D eigenvalue weighted by atomic mass is 9.89. The van der Waals surface area contributed by atoms with Gasteiger partial charge in [0.1, 0.15) is 0 Å². The molecule has 3 unspecified atom stereocenters. The summed E-state index contributed by atoms with van der Waals surface area (Å²) in [6.07, 6.45) is 3.88. The second-order valence-corrected chi connectivity index (χ2v) is 5.38. The lowest BCUT2D eigenvalue weighted by Crippen LogP contribution is -2.37. The van der Waals surface area contributed by atoms with Gasteiger partial charge in [0.05, 0.1) is 11.5 Å². The molecule has 19 heavy (non-hydrogen) atoms. The van der Waals surface area contributed by atoms with Gasteiger partial charge in [-0.05, 0) is 38.3 Å². The largest absolute Gasteiger partial charge is 0.481 e. The molecule has 0 aliphatic carbocycles. The van der Waals surface area contributed by atoms with Gasteiger partial charge in [-0.1, -0.05) is 0 Å². The summed E-state index contributed by atoms with van der Waals surface area (Å²) in [5, 5.41) is 9.19. The molecule has 100 valence electrons. The second-order valence-electron chi connectivity index (χ2n) is 5.38. The SMILES string of the molecule is Cc1ccc(C(=O)N2C3CCC2C(C(=O)O)C3)cn1. The third-order valence-corrected chi connectivity index (χ3v) is 4.25. The number of rotatable bonds is 2. The minimum atomic E-state index is -0.785. The first kappa shape index (κ1) is 12.1. The summed E-state index contributed by atoms with van der Waals surface area (Å²) in [5.41, 5.74) is 1.41. The summed E-state index contributed by atoms with van der Waals surface area (Å²) in [5.74, 6) is -1.27. The highest BCUT2D eigenvalue weighted by molar-refractivity contribution is 5.95. The molecule has 0 aromatic carbocycles. The van der Waals surface area contributed by atoms with Crippen molar-refractivity contribution in [2.45, 2.75) is 38.3 Å². The Bertz CT molecular complexity index is 526.